The van der Waals surface area contributed by atoms with Gasteiger partial charge in [-0.25, -0.2) is 0 Å². The molecule has 2 aromatic carbocycles. The molecule has 4 heteroatoms. The van der Waals surface area contributed by atoms with Gasteiger partial charge in [0, 0.05) is 37.2 Å². The first-order valence-electron chi connectivity index (χ1n) is 7.88. The fraction of sp³-hybridized carbons (Fsp3) is 0.200. The first-order valence-corrected chi connectivity index (χ1v) is 7.88. The highest BCUT2D eigenvalue weighted by molar-refractivity contribution is 6.45. The number of Topliss-reactive ketones (excluding diaryl/α,β-unsaturated/α-hetero) is 1. The van der Waals surface area contributed by atoms with Gasteiger partial charge in [0.2, 0.25) is 0 Å². The molecule has 0 bridgehead atoms. The second-order valence-electron chi connectivity index (χ2n) is 6.01. The van der Waals surface area contributed by atoms with Crippen molar-refractivity contribution in [3.8, 4) is 0 Å². The molecule has 24 heavy (non-hydrogen) atoms. The molecule has 1 aromatic heterocycles. The van der Waals surface area contributed by atoms with Crippen LogP contribution < -0.4 is 0 Å². The Hall–Kier alpha value is -2.88. The number of nitrogens with zero attached hydrogens (tertiary/aromatic N) is 2. The van der Waals surface area contributed by atoms with Gasteiger partial charge >= 0.3 is 0 Å². The van der Waals surface area contributed by atoms with Crippen molar-refractivity contribution in [3.63, 3.8) is 0 Å². The van der Waals surface area contributed by atoms with E-state index in [1.807, 2.05) is 73.1 Å². The summed E-state index contributed by atoms with van der Waals surface area (Å²) < 4.78 is 1.95. The van der Waals surface area contributed by atoms with Crippen molar-refractivity contribution in [3.05, 3.63) is 71.4 Å². The van der Waals surface area contributed by atoms with Gasteiger partial charge in [0.05, 0.1) is 5.56 Å². The lowest BCUT2D eigenvalue weighted by molar-refractivity contribution is -0.125. The molecule has 0 unspecified atom stereocenters. The molecule has 0 radical (unpaired) electrons. The summed E-state index contributed by atoms with van der Waals surface area (Å²) in [6.45, 7) is 2.28. The zero-order chi connectivity index (χ0) is 17.3. The molecule has 0 aliphatic rings. The smallest absolute Gasteiger partial charge is 0.295 e. The predicted octanol–water partition coefficient (Wildman–Crippen LogP) is 3.33. The predicted molar refractivity (Wildman–Crippen MR) is 94.9 cm³/mol. The Morgan fingerprint density at radius 1 is 1.00 bits per heavy atom. The van der Waals surface area contributed by atoms with Crippen molar-refractivity contribution in [2.75, 3.05) is 7.05 Å². The average molecular weight is 320 g/mol. The van der Waals surface area contributed by atoms with E-state index in [-0.39, 0.29) is 0 Å². The summed E-state index contributed by atoms with van der Waals surface area (Å²) in [6.07, 6.45) is 0. The monoisotopic (exact) mass is 320 g/mol. The number of aryl methyl sites for hydroxylation is 1. The Morgan fingerprint density at radius 3 is 2.33 bits per heavy atom. The zero-order valence-corrected chi connectivity index (χ0v) is 14.1. The lowest BCUT2D eigenvalue weighted by Crippen LogP contribution is -2.33. The van der Waals surface area contributed by atoms with Gasteiger partial charge in [0.15, 0.2) is 0 Å². The Balaban J connectivity index is 1.92. The molecular weight excluding hydrogens is 300 g/mol. The number of ketones is 1. The van der Waals surface area contributed by atoms with E-state index in [4.69, 9.17) is 0 Å². The van der Waals surface area contributed by atoms with Gasteiger partial charge in [-0.2, -0.15) is 0 Å². The molecule has 0 N–H and O–H groups in total. The number of likely N-dealkylation sites (N-methyl/N-ethyl adjacent to an activating group) is 1. The van der Waals surface area contributed by atoms with Crippen molar-refractivity contribution in [1.29, 1.82) is 0 Å². The van der Waals surface area contributed by atoms with Crippen LogP contribution in [0, 0.1) is 6.92 Å². The van der Waals surface area contributed by atoms with Crippen LogP contribution in [0.3, 0.4) is 0 Å². The summed E-state index contributed by atoms with van der Waals surface area (Å²) in [7, 11) is 3.57. The number of hydrogen-bond acceptors (Lipinski definition) is 2. The van der Waals surface area contributed by atoms with Crippen LogP contribution in [-0.2, 0) is 18.4 Å². The Labute approximate surface area is 141 Å². The number of aromatic nitrogens is 1. The van der Waals surface area contributed by atoms with Crippen molar-refractivity contribution in [1.82, 2.24) is 9.47 Å². The average Bonchev–Trinajstić information content (AvgIpc) is 2.86. The number of carbonyl (C=O) groups excluding carboxylic acids is 2. The third kappa shape index (κ3) is 2.71. The lowest BCUT2D eigenvalue weighted by atomic mass is 10.1. The molecule has 4 nitrogen and oxygen atoms in total. The summed E-state index contributed by atoms with van der Waals surface area (Å²) >= 11 is 0. The summed E-state index contributed by atoms with van der Waals surface area (Å²) in [5.41, 5.74) is 3.26. The highest BCUT2D eigenvalue weighted by Gasteiger charge is 2.26. The van der Waals surface area contributed by atoms with Crippen molar-refractivity contribution < 1.29 is 9.59 Å². The molecular formula is C20H20N2O2. The van der Waals surface area contributed by atoms with E-state index in [1.165, 1.54) is 4.90 Å². The van der Waals surface area contributed by atoms with Crippen LogP contribution in [0.5, 0.6) is 0 Å². The van der Waals surface area contributed by atoms with E-state index in [9.17, 15) is 9.59 Å². The van der Waals surface area contributed by atoms with Crippen LogP contribution in [-0.4, -0.2) is 28.2 Å². The van der Waals surface area contributed by atoms with Gasteiger partial charge in [-0.05, 0) is 18.6 Å². The number of amides is 1. The van der Waals surface area contributed by atoms with E-state index in [2.05, 4.69) is 0 Å². The van der Waals surface area contributed by atoms with Crippen LogP contribution in [0.4, 0.5) is 0 Å². The maximum Gasteiger partial charge on any atom is 0.295 e. The van der Waals surface area contributed by atoms with Crippen molar-refractivity contribution >= 4 is 22.6 Å². The molecule has 3 aromatic rings. The SMILES string of the molecule is Cc1c(C(=O)C(=O)N(C)Cc2ccccc2)c2ccccc2n1C. The highest BCUT2D eigenvalue weighted by Crippen LogP contribution is 2.25. The lowest BCUT2D eigenvalue weighted by Gasteiger charge is -2.16. The Bertz CT molecular complexity index is 910. The molecule has 0 aliphatic heterocycles. The fourth-order valence-corrected chi connectivity index (χ4v) is 3.02. The van der Waals surface area contributed by atoms with Crippen LogP contribution >= 0.6 is 0 Å². The zero-order valence-electron chi connectivity index (χ0n) is 14.1. The van der Waals surface area contributed by atoms with E-state index < -0.39 is 11.7 Å². The maximum absolute atomic E-state index is 12.8. The largest absolute Gasteiger partial charge is 0.347 e. The minimum absolute atomic E-state index is 0.412. The standard InChI is InChI=1S/C20H20N2O2/c1-14-18(16-11-7-8-12-17(16)22(14)3)19(23)20(24)21(2)13-15-9-5-4-6-10-15/h4-12H,13H2,1-3H3. The quantitative estimate of drug-likeness (QED) is 0.546. The number of benzene rings is 2. The van der Waals surface area contributed by atoms with Gasteiger partial charge < -0.3 is 9.47 Å². The second-order valence-corrected chi connectivity index (χ2v) is 6.01. The van der Waals surface area contributed by atoms with Gasteiger partial charge in [0.25, 0.3) is 11.7 Å². The van der Waals surface area contributed by atoms with Crippen LogP contribution in [0.1, 0.15) is 21.6 Å². The molecule has 122 valence electrons. The number of fused-ring (bicyclic) bond motifs is 1. The van der Waals surface area contributed by atoms with Gasteiger partial charge in [-0.1, -0.05) is 48.5 Å². The maximum atomic E-state index is 12.8. The first-order chi connectivity index (χ1) is 11.5. The molecule has 0 saturated heterocycles. The molecule has 0 aliphatic carbocycles. The highest BCUT2D eigenvalue weighted by atomic mass is 16.2. The molecule has 0 atom stereocenters. The summed E-state index contributed by atoms with van der Waals surface area (Å²) in [5, 5.41) is 0.823. The molecule has 0 spiro atoms. The minimum Gasteiger partial charge on any atom is -0.347 e. The third-order valence-corrected chi connectivity index (χ3v) is 4.43. The third-order valence-electron chi connectivity index (χ3n) is 4.43. The number of para-hydroxylation sites is 1. The van der Waals surface area contributed by atoms with E-state index in [0.717, 1.165) is 22.2 Å². The molecule has 1 amide bonds. The van der Waals surface area contributed by atoms with Crippen LogP contribution in [0.25, 0.3) is 10.9 Å². The van der Waals surface area contributed by atoms with Crippen LogP contribution in [0.2, 0.25) is 0 Å². The molecule has 0 saturated carbocycles. The number of carbonyl (C=O) groups is 2. The number of rotatable bonds is 4. The summed E-state index contributed by atoms with van der Waals surface area (Å²) in [6, 6.07) is 17.3. The molecule has 3 rings (SSSR count). The van der Waals surface area contributed by atoms with Crippen molar-refractivity contribution in [2.24, 2.45) is 7.05 Å². The minimum atomic E-state index is -0.488. The van der Waals surface area contributed by atoms with E-state index in [1.54, 1.807) is 7.05 Å². The van der Waals surface area contributed by atoms with E-state index >= 15 is 0 Å². The summed E-state index contributed by atoms with van der Waals surface area (Å²) in [4.78, 5) is 26.9. The Morgan fingerprint density at radius 2 is 1.62 bits per heavy atom. The van der Waals surface area contributed by atoms with Gasteiger partial charge in [-0.3, -0.25) is 9.59 Å². The fourth-order valence-electron chi connectivity index (χ4n) is 3.02. The first kappa shape index (κ1) is 16.0. The molecule has 1 heterocycles. The topological polar surface area (TPSA) is 42.3 Å². The van der Waals surface area contributed by atoms with Crippen LogP contribution in [0.15, 0.2) is 54.6 Å². The number of hydrogen-bond donors (Lipinski definition) is 0. The second kappa shape index (κ2) is 6.32. The normalized spacial score (nSPS) is 10.8. The Kier molecular flexibility index (Phi) is 4.21. The van der Waals surface area contributed by atoms with E-state index in [0.29, 0.717) is 12.1 Å². The molecule has 0 fully saturated rings. The van der Waals surface area contributed by atoms with Gasteiger partial charge in [-0.15, -0.1) is 0 Å². The van der Waals surface area contributed by atoms with Gasteiger partial charge in [0.1, 0.15) is 0 Å². The van der Waals surface area contributed by atoms with Crippen molar-refractivity contribution in [2.45, 2.75) is 13.5 Å². The summed E-state index contributed by atoms with van der Waals surface area (Å²) in [5.74, 6) is -0.943.